The summed E-state index contributed by atoms with van der Waals surface area (Å²) in [5.74, 6) is 0.535. The molecule has 0 saturated carbocycles. The van der Waals surface area contributed by atoms with Crippen molar-refractivity contribution in [3.05, 3.63) is 12.5 Å². The fourth-order valence-electron chi connectivity index (χ4n) is 0.769. The summed E-state index contributed by atoms with van der Waals surface area (Å²) in [5.41, 5.74) is 0. The van der Waals surface area contributed by atoms with Gasteiger partial charge >= 0.3 is 0 Å². The molecule has 0 saturated heterocycles. The lowest BCUT2D eigenvalue weighted by molar-refractivity contribution is 0.250. The Morgan fingerprint density at radius 3 is 3.08 bits per heavy atom. The summed E-state index contributed by atoms with van der Waals surface area (Å²) < 4.78 is 11.4. The third kappa shape index (κ3) is 2.42. The highest BCUT2D eigenvalue weighted by Gasteiger charge is 2.09. The number of hydrogen-bond acceptors (Lipinski definition) is 3. The molecule has 1 rings (SSSR count). The molecule has 0 aromatic carbocycles. The molecule has 1 aromatic rings. The third-order valence-electron chi connectivity index (χ3n) is 1.47. The van der Waals surface area contributed by atoms with Gasteiger partial charge in [0, 0.05) is 12.4 Å². The molecule has 0 aliphatic rings. The fraction of sp³-hybridized carbons (Fsp3) is 0.571. The summed E-state index contributed by atoms with van der Waals surface area (Å²) in [6.07, 6.45) is 3.04. The van der Waals surface area contributed by atoms with Crippen molar-refractivity contribution in [3.63, 3.8) is 0 Å². The topological polar surface area (TPSA) is 66.0 Å². The molecule has 0 spiro atoms. The summed E-state index contributed by atoms with van der Waals surface area (Å²) in [6, 6.07) is 0. The van der Waals surface area contributed by atoms with E-state index in [1.165, 1.54) is 6.33 Å². The molecule has 0 bridgehead atoms. The zero-order valence-electron chi connectivity index (χ0n) is 6.86. The Kier molecular flexibility index (Phi) is 3.43. The van der Waals surface area contributed by atoms with Crippen molar-refractivity contribution in [1.82, 2.24) is 9.97 Å². The van der Waals surface area contributed by atoms with Gasteiger partial charge in [0.2, 0.25) is 0 Å². The van der Waals surface area contributed by atoms with Gasteiger partial charge in [-0.1, -0.05) is 6.92 Å². The van der Waals surface area contributed by atoms with Crippen LogP contribution in [0.4, 0.5) is 0 Å². The second-order valence-corrected chi connectivity index (χ2v) is 4.18. The van der Waals surface area contributed by atoms with Crippen LogP contribution in [-0.4, -0.2) is 31.6 Å². The minimum Gasteiger partial charge on any atom is -0.396 e. The predicted molar refractivity (Wildman–Crippen MR) is 46.1 cm³/mol. The molecular weight excluding hydrogens is 176 g/mol. The predicted octanol–water partition coefficient (Wildman–Crippen LogP) is 0.146. The highest BCUT2D eigenvalue weighted by atomic mass is 32.2. The van der Waals surface area contributed by atoms with E-state index < -0.39 is 10.8 Å². The Bertz CT molecular complexity index is 248. The SMILES string of the molecule is CC(CO)CS(=O)c1cnc[nH]1. The van der Waals surface area contributed by atoms with E-state index in [1.807, 2.05) is 6.92 Å². The second kappa shape index (κ2) is 4.37. The second-order valence-electron chi connectivity index (χ2n) is 2.72. The van der Waals surface area contributed by atoms with Gasteiger partial charge in [0.1, 0.15) is 5.03 Å². The minimum atomic E-state index is -1.06. The molecule has 2 unspecified atom stereocenters. The van der Waals surface area contributed by atoms with Crippen LogP contribution in [-0.2, 0) is 10.8 Å². The first-order valence-electron chi connectivity index (χ1n) is 3.71. The monoisotopic (exact) mass is 188 g/mol. The number of nitrogens with zero attached hydrogens (tertiary/aromatic N) is 1. The minimum absolute atomic E-state index is 0.0640. The van der Waals surface area contributed by atoms with E-state index in [0.29, 0.717) is 10.8 Å². The first kappa shape index (κ1) is 9.41. The van der Waals surface area contributed by atoms with Crippen LogP contribution in [0.3, 0.4) is 0 Å². The van der Waals surface area contributed by atoms with Gasteiger partial charge in [0.25, 0.3) is 0 Å². The van der Waals surface area contributed by atoms with Crippen molar-refractivity contribution in [2.24, 2.45) is 5.92 Å². The van der Waals surface area contributed by atoms with Crippen molar-refractivity contribution in [2.75, 3.05) is 12.4 Å². The van der Waals surface area contributed by atoms with Gasteiger partial charge in [0.05, 0.1) is 23.3 Å². The highest BCUT2D eigenvalue weighted by molar-refractivity contribution is 7.84. The van der Waals surface area contributed by atoms with Gasteiger partial charge in [-0.25, -0.2) is 4.98 Å². The first-order chi connectivity index (χ1) is 5.74. The van der Waals surface area contributed by atoms with E-state index in [-0.39, 0.29) is 12.5 Å². The summed E-state index contributed by atoms with van der Waals surface area (Å²) in [6.45, 7) is 1.92. The largest absolute Gasteiger partial charge is 0.396 e. The zero-order chi connectivity index (χ0) is 8.97. The van der Waals surface area contributed by atoms with Crippen LogP contribution in [0.1, 0.15) is 6.92 Å². The number of hydrogen-bond donors (Lipinski definition) is 2. The molecule has 68 valence electrons. The van der Waals surface area contributed by atoms with Crippen LogP contribution >= 0.6 is 0 Å². The summed E-state index contributed by atoms with van der Waals surface area (Å²) in [4.78, 5) is 6.54. The van der Waals surface area contributed by atoms with Crippen LogP contribution in [0.25, 0.3) is 0 Å². The number of aromatic amines is 1. The Morgan fingerprint density at radius 2 is 2.58 bits per heavy atom. The normalized spacial score (nSPS) is 15.8. The molecule has 0 radical (unpaired) electrons. The van der Waals surface area contributed by atoms with Crippen LogP contribution in [0.2, 0.25) is 0 Å². The van der Waals surface area contributed by atoms with Gasteiger partial charge < -0.3 is 10.1 Å². The van der Waals surface area contributed by atoms with E-state index in [1.54, 1.807) is 6.20 Å². The van der Waals surface area contributed by atoms with Crippen LogP contribution in [0.15, 0.2) is 17.6 Å². The van der Waals surface area contributed by atoms with Gasteiger partial charge in [-0.2, -0.15) is 0 Å². The van der Waals surface area contributed by atoms with Gasteiger partial charge in [-0.15, -0.1) is 0 Å². The van der Waals surface area contributed by atoms with Crippen molar-refractivity contribution < 1.29 is 9.32 Å². The quantitative estimate of drug-likeness (QED) is 0.706. The molecule has 1 aromatic heterocycles. The van der Waals surface area contributed by atoms with Gasteiger partial charge in [0.15, 0.2) is 0 Å². The molecule has 1 heterocycles. The molecule has 0 aliphatic carbocycles. The molecular formula is C7H12N2O2S. The number of imidazole rings is 1. The average Bonchev–Trinajstić information content (AvgIpc) is 2.56. The maximum absolute atomic E-state index is 11.4. The lowest BCUT2D eigenvalue weighted by atomic mass is 10.2. The lowest BCUT2D eigenvalue weighted by Gasteiger charge is -2.04. The van der Waals surface area contributed by atoms with E-state index in [9.17, 15) is 4.21 Å². The van der Waals surface area contributed by atoms with Gasteiger partial charge in [-0.3, -0.25) is 4.21 Å². The Morgan fingerprint density at radius 1 is 1.83 bits per heavy atom. The molecule has 4 nitrogen and oxygen atoms in total. The zero-order valence-corrected chi connectivity index (χ0v) is 7.67. The number of aliphatic hydroxyl groups is 1. The molecule has 12 heavy (non-hydrogen) atoms. The molecule has 0 fully saturated rings. The number of aliphatic hydroxyl groups excluding tert-OH is 1. The maximum atomic E-state index is 11.4. The third-order valence-corrected chi connectivity index (χ3v) is 3.05. The lowest BCUT2D eigenvalue weighted by Crippen LogP contribution is -2.11. The fourth-order valence-corrected chi connectivity index (χ4v) is 1.93. The molecule has 2 atom stereocenters. The van der Waals surface area contributed by atoms with Crippen LogP contribution in [0, 0.1) is 5.92 Å². The number of nitrogens with one attached hydrogen (secondary N) is 1. The van der Waals surface area contributed by atoms with E-state index in [4.69, 9.17) is 5.11 Å². The van der Waals surface area contributed by atoms with Gasteiger partial charge in [-0.05, 0) is 5.92 Å². The maximum Gasteiger partial charge on any atom is 0.123 e. The first-order valence-corrected chi connectivity index (χ1v) is 5.03. The smallest absolute Gasteiger partial charge is 0.123 e. The number of rotatable bonds is 4. The van der Waals surface area contributed by atoms with E-state index >= 15 is 0 Å². The Labute approximate surface area is 73.5 Å². The molecule has 0 aliphatic heterocycles. The Balaban J connectivity index is 2.50. The van der Waals surface area contributed by atoms with E-state index in [0.717, 1.165) is 0 Å². The summed E-state index contributed by atoms with van der Waals surface area (Å²) in [7, 11) is -1.06. The average molecular weight is 188 g/mol. The number of H-pyrrole nitrogens is 1. The van der Waals surface area contributed by atoms with E-state index in [2.05, 4.69) is 9.97 Å². The van der Waals surface area contributed by atoms with Crippen LogP contribution < -0.4 is 0 Å². The van der Waals surface area contributed by atoms with Crippen molar-refractivity contribution >= 4 is 10.8 Å². The summed E-state index contributed by atoms with van der Waals surface area (Å²) >= 11 is 0. The molecule has 5 heteroatoms. The Hall–Kier alpha value is -0.680. The van der Waals surface area contributed by atoms with Crippen LogP contribution in [0.5, 0.6) is 0 Å². The summed E-state index contributed by atoms with van der Waals surface area (Å²) in [5, 5.41) is 9.34. The molecule has 0 amide bonds. The van der Waals surface area contributed by atoms with Crippen molar-refractivity contribution in [2.45, 2.75) is 11.9 Å². The molecule has 2 N–H and O–H groups in total. The highest BCUT2D eigenvalue weighted by Crippen LogP contribution is 2.04. The standard InChI is InChI=1S/C7H12N2O2S/c1-6(3-10)4-12(11)7-2-8-5-9-7/h2,5-6,10H,3-4H2,1H3,(H,8,9). The van der Waals surface area contributed by atoms with Crippen molar-refractivity contribution in [3.8, 4) is 0 Å². The van der Waals surface area contributed by atoms with Crippen molar-refractivity contribution in [1.29, 1.82) is 0 Å². The number of aromatic nitrogens is 2.